The fraction of sp³-hybridized carbons (Fsp3) is 0.235. The Morgan fingerprint density at radius 1 is 1.21 bits per heavy atom. The lowest BCUT2D eigenvalue weighted by Crippen LogP contribution is -2.30. The summed E-state index contributed by atoms with van der Waals surface area (Å²) in [6, 6.07) is 10.00. The van der Waals surface area contributed by atoms with E-state index in [9.17, 15) is 18.7 Å². The van der Waals surface area contributed by atoms with Crippen molar-refractivity contribution in [2.45, 2.75) is 12.5 Å². The summed E-state index contributed by atoms with van der Waals surface area (Å²) in [7, 11) is 1.22. The number of aliphatic hydroxyl groups excluding tert-OH is 1. The van der Waals surface area contributed by atoms with Gasteiger partial charge in [0.25, 0.3) is 0 Å². The maximum absolute atomic E-state index is 13.7. The Kier molecular flexibility index (Phi) is 6.08. The average molecular weight is 336 g/mol. The first-order valence-corrected chi connectivity index (χ1v) is 7.32. The second kappa shape index (κ2) is 8.26. The number of anilines is 1. The largest absolute Gasteiger partial charge is 0.494 e. The number of halogens is 2. The average Bonchev–Trinajstić information content (AvgIpc) is 2.58. The molecule has 0 aliphatic rings. The molecule has 0 saturated carbocycles. The van der Waals surface area contributed by atoms with Gasteiger partial charge in [0, 0.05) is 18.7 Å². The number of nitrogens with one attached hydrogen (secondary N) is 2. The molecule has 24 heavy (non-hydrogen) atoms. The molecule has 0 radical (unpaired) electrons. The topological polar surface area (TPSA) is 70.6 Å². The van der Waals surface area contributed by atoms with Crippen molar-refractivity contribution in [2.24, 2.45) is 0 Å². The molecule has 0 aliphatic heterocycles. The van der Waals surface area contributed by atoms with Crippen molar-refractivity contribution in [1.29, 1.82) is 0 Å². The third-order valence-electron chi connectivity index (χ3n) is 3.38. The van der Waals surface area contributed by atoms with Gasteiger partial charge in [-0.1, -0.05) is 30.3 Å². The lowest BCUT2D eigenvalue weighted by Gasteiger charge is -2.13. The number of amides is 2. The third-order valence-corrected chi connectivity index (χ3v) is 3.38. The van der Waals surface area contributed by atoms with Gasteiger partial charge >= 0.3 is 6.03 Å². The van der Waals surface area contributed by atoms with Crippen LogP contribution in [0.25, 0.3) is 0 Å². The van der Waals surface area contributed by atoms with Crippen LogP contribution in [0.4, 0.5) is 19.3 Å². The molecule has 1 atom stereocenters. The summed E-state index contributed by atoms with van der Waals surface area (Å²) in [5.74, 6) is -1.84. The van der Waals surface area contributed by atoms with Crippen molar-refractivity contribution in [3.8, 4) is 5.75 Å². The van der Waals surface area contributed by atoms with E-state index < -0.39 is 23.8 Å². The van der Waals surface area contributed by atoms with Crippen LogP contribution in [0.2, 0.25) is 0 Å². The number of carbonyl (C=O) groups excluding carboxylic acids is 1. The zero-order chi connectivity index (χ0) is 17.5. The highest BCUT2D eigenvalue weighted by Crippen LogP contribution is 2.24. The number of carbonyl (C=O) groups is 1. The van der Waals surface area contributed by atoms with Gasteiger partial charge in [-0.05, 0) is 12.0 Å². The van der Waals surface area contributed by atoms with E-state index in [1.807, 2.05) is 6.07 Å². The summed E-state index contributed by atoms with van der Waals surface area (Å²) in [5.41, 5.74) is 0.442. The SMILES string of the molecule is COc1cc(F)c(NC(=O)NCCC(O)c2ccccc2)cc1F. The molecule has 1 unspecified atom stereocenters. The van der Waals surface area contributed by atoms with Crippen LogP contribution in [0, 0.1) is 11.6 Å². The summed E-state index contributed by atoms with van der Waals surface area (Å²) in [5, 5.41) is 14.7. The van der Waals surface area contributed by atoms with Gasteiger partial charge in [-0.15, -0.1) is 0 Å². The first-order chi connectivity index (χ1) is 11.5. The molecule has 0 aliphatic carbocycles. The van der Waals surface area contributed by atoms with Crippen molar-refractivity contribution in [3.63, 3.8) is 0 Å². The monoisotopic (exact) mass is 336 g/mol. The lowest BCUT2D eigenvalue weighted by molar-refractivity contribution is 0.167. The minimum absolute atomic E-state index is 0.169. The van der Waals surface area contributed by atoms with Crippen molar-refractivity contribution in [2.75, 3.05) is 19.0 Å². The predicted molar refractivity (Wildman–Crippen MR) is 86.0 cm³/mol. The van der Waals surface area contributed by atoms with E-state index in [0.29, 0.717) is 0 Å². The number of hydrogen-bond acceptors (Lipinski definition) is 3. The maximum Gasteiger partial charge on any atom is 0.319 e. The Balaban J connectivity index is 1.84. The van der Waals surface area contributed by atoms with Crippen molar-refractivity contribution < 1.29 is 23.4 Å². The number of rotatable bonds is 6. The number of urea groups is 1. The van der Waals surface area contributed by atoms with Crippen LogP contribution >= 0.6 is 0 Å². The van der Waals surface area contributed by atoms with Gasteiger partial charge in [0.1, 0.15) is 0 Å². The summed E-state index contributed by atoms with van der Waals surface area (Å²) >= 11 is 0. The molecule has 5 nitrogen and oxygen atoms in total. The normalized spacial score (nSPS) is 11.7. The van der Waals surface area contributed by atoms with Gasteiger partial charge in [0.2, 0.25) is 0 Å². The fourth-order valence-corrected chi connectivity index (χ4v) is 2.11. The maximum atomic E-state index is 13.7. The van der Waals surface area contributed by atoms with E-state index in [0.717, 1.165) is 17.7 Å². The van der Waals surface area contributed by atoms with Crippen LogP contribution in [0.1, 0.15) is 18.1 Å². The standard InChI is InChI=1S/C17H18F2N2O3/c1-24-16-10-12(18)14(9-13(16)19)21-17(23)20-8-7-15(22)11-5-3-2-4-6-11/h2-6,9-10,15,22H,7-8H2,1H3,(H2,20,21,23). The van der Waals surface area contributed by atoms with Crippen LogP contribution in [0.5, 0.6) is 5.75 Å². The van der Waals surface area contributed by atoms with E-state index in [1.54, 1.807) is 24.3 Å². The first kappa shape index (κ1) is 17.7. The lowest BCUT2D eigenvalue weighted by atomic mass is 10.1. The third kappa shape index (κ3) is 4.66. The Labute approximate surface area is 138 Å². The number of ether oxygens (including phenoxy) is 1. The van der Waals surface area contributed by atoms with E-state index in [4.69, 9.17) is 0 Å². The minimum Gasteiger partial charge on any atom is -0.494 e. The van der Waals surface area contributed by atoms with Crippen LogP contribution in [-0.2, 0) is 0 Å². The van der Waals surface area contributed by atoms with Gasteiger partial charge in [-0.2, -0.15) is 0 Å². The second-order valence-electron chi connectivity index (χ2n) is 5.06. The zero-order valence-corrected chi connectivity index (χ0v) is 13.1. The van der Waals surface area contributed by atoms with Crippen molar-refractivity contribution in [1.82, 2.24) is 5.32 Å². The summed E-state index contributed by atoms with van der Waals surface area (Å²) < 4.78 is 31.9. The molecular weight excluding hydrogens is 318 g/mol. The molecule has 0 heterocycles. The summed E-state index contributed by atoms with van der Waals surface area (Å²) in [6.07, 6.45) is -0.432. The Hall–Kier alpha value is -2.67. The molecule has 128 valence electrons. The molecule has 2 amide bonds. The summed E-state index contributed by atoms with van der Waals surface area (Å²) in [6.45, 7) is 0.169. The second-order valence-corrected chi connectivity index (χ2v) is 5.06. The molecular formula is C17H18F2N2O3. The van der Waals surface area contributed by atoms with Crippen molar-refractivity contribution >= 4 is 11.7 Å². The van der Waals surface area contributed by atoms with E-state index in [2.05, 4.69) is 15.4 Å². The Morgan fingerprint density at radius 2 is 1.92 bits per heavy atom. The van der Waals surface area contributed by atoms with Gasteiger partial charge in [-0.3, -0.25) is 0 Å². The summed E-state index contributed by atoms with van der Waals surface area (Å²) in [4.78, 5) is 11.7. The Morgan fingerprint density at radius 3 is 2.58 bits per heavy atom. The zero-order valence-electron chi connectivity index (χ0n) is 13.1. The van der Waals surface area contributed by atoms with Crippen molar-refractivity contribution in [3.05, 3.63) is 59.7 Å². The molecule has 0 spiro atoms. The molecule has 0 fully saturated rings. The molecule has 2 aromatic rings. The Bertz CT molecular complexity index is 696. The number of benzene rings is 2. The number of hydrogen-bond donors (Lipinski definition) is 3. The van der Waals surface area contributed by atoms with Gasteiger partial charge in [0.05, 0.1) is 18.9 Å². The van der Waals surface area contributed by atoms with Crippen LogP contribution in [0.15, 0.2) is 42.5 Å². The number of aliphatic hydroxyl groups is 1. The molecule has 0 aromatic heterocycles. The van der Waals surface area contributed by atoms with Crippen LogP contribution in [-0.4, -0.2) is 24.8 Å². The number of methoxy groups -OCH3 is 1. The van der Waals surface area contributed by atoms with Gasteiger partial charge in [0.15, 0.2) is 17.4 Å². The van der Waals surface area contributed by atoms with Gasteiger partial charge in [-0.25, -0.2) is 13.6 Å². The quantitative estimate of drug-likeness (QED) is 0.758. The minimum atomic E-state index is -0.812. The molecule has 0 saturated heterocycles. The van der Waals surface area contributed by atoms with E-state index in [1.165, 1.54) is 7.11 Å². The molecule has 2 aromatic carbocycles. The molecule has 7 heteroatoms. The first-order valence-electron chi connectivity index (χ1n) is 7.32. The van der Waals surface area contributed by atoms with E-state index >= 15 is 0 Å². The molecule has 0 bridgehead atoms. The van der Waals surface area contributed by atoms with Gasteiger partial charge < -0.3 is 20.5 Å². The highest BCUT2D eigenvalue weighted by molar-refractivity contribution is 5.89. The highest BCUT2D eigenvalue weighted by Gasteiger charge is 2.13. The van der Waals surface area contributed by atoms with Crippen LogP contribution in [0.3, 0.4) is 0 Å². The highest BCUT2D eigenvalue weighted by atomic mass is 19.1. The van der Waals surface area contributed by atoms with E-state index in [-0.39, 0.29) is 24.4 Å². The fourth-order valence-electron chi connectivity index (χ4n) is 2.11. The molecule has 3 N–H and O–H groups in total. The smallest absolute Gasteiger partial charge is 0.319 e. The predicted octanol–water partition coefficient (Wildman–Crippen LogP) is 3.22. The van der Waals surface area contributed by atoms with Crippen LogP contribution < -0.4 is 15.4 Å². The molecule has 2 rings (SSSR count).